The van der Waals surface area contributed by atoms with Crippen molar-refractivity contribution in [1.29, 1.82) is 0 Å². The number of amides is 1. The summed E-state index contributed by atoms with van der Waals surface area (Å²) in [6.45, 7) is 8.09. The highest BCUT2D eigenvalue weighted by Gasteiger charge is 2.37. The molecule has 7 nitrogen and oxygen atoms in total. The van der Waals surface area contributed by atoms with Crippen molar-refractivity contribution in [3.63, 3.8) is 0 Å². The average molecular weight is 569 g/mol. The summed E-state index contributed by atoms with van der Waals surface area (Å²) in [7, 11) is -3.39. The van der Waals surface area contributed by atoms with Gasteiger partial charge in [0.05, 0.1) is 16.1 Å². The monoisotopic (exact) mass is 568 g/mol. The first-order chi connectivity index (χ1) is 19.2. The molecule has 1 atom stereocenters. The van der Waals surface area contributed by atoms with Crippen LogP contribution in [0.1, 0.15) is 81.6 Å². The molecule has 2 aliphatic heterocycles. The van der Waals surface area contributed by atoms with E-state index in [1.807, 2.05) is 43.0 Å². The number of fused-ring (bicyclic) bond motifs is 1. The number of ether oxygens (including phenoxy) is 1. The Morgan fingerprint density at radius 3 is 2.35 bits per heavy atom. The van der Waals surface area contributed by atoms with Gasteiger partial charge in [0.15, 0.2) is 5.78 Å². The van der Waals surface area contributed by atoms with Crippen LogP contribution in [0.3, 0.4) is 0 Å². The maximum Gasteiger partial charge on any atom is 0.225 e. The van der Waals surface area contributed by atoms with E-state index in [1.165, 1.54) is 5.56 Å². The predicted molar refractivity (Wildman–Crippen MR) is 160 cm³/mol. The summed E-state index contributed by atoms with van der Waals surface area (Å²) in [6.07, 6.45) is 6.98. The van der Waals surface area contributed by atoms with Crippen LogP contribution in [0.25, 0.3) is 0 Å². The molecule has 1 amide bonds. The van der Waals surface area contributed by atoms with Crippen LogP contribution >= 0.6 is 10.8 Å². The van der Waals surface area contributed by atoms with Crippen LogP contribution in [-0.2, 0) is 11.2 Å². The summed E-state index contributed by atoms with van der Waals surface area (Å²) < 4.78 is 31.1. The van der Waals surface area contributed by atoms with Crippen LogP contribution in [-0.4, -0.2) is 51.4 Å². The molecule has 0 aromatic heterocycles. The van der Waals surface area contributed by atoms with Gasteiger partial charge in [-0.3, -0.25) is 23.0 Å². The number of piperidine rings is 1. The molecule has 8 heteroatoms. The Morgan fingerprint density at radius 1 is 1.05 bits per heavy atom. The first-order valence-electron chi connectivity index (χ1n) is 14.9. The minimum atomic E-state index is -3.39. The molecule has 1 unspecified atom stereocenters. The van der Waals surface area contributed by atoms with E-state index < -0.39 is 10.8 Å². The Morgan fingerprint density at radius 2 is 1.73 bits per heavy atom. The van der Waals surface area contributed by atoms with E-state index >= 15 is 0 Å². The molecule has 1 saturated carbocycles. The van der Waals surface area contributed by atoms with Crippen molar-refractivity contribution < 1.29 is 23.4 Å². The van der Waals surface area contributed by atoms with Gasteiger partial charge in [0.25, 0.3) is 0 Å². The summed E-state index contributed by atoms with van der Waals surface area (Å²) in [4.78, 5) is 28.5. The van der Waals surface area contributed by atoms with Crippen molar-refractivity contribution in [2.75, 3.05) is 23.9 Å². The quantitative estimate of drug-likeness (QED) is 0.350. The van der Waals surface area contributed by atoms with Gasteiger partial charge in [-0.25, -0.2) is 0 Å². The Balaban J connectivity index is 1.29. The van der Waals surface area contributed by atoms with Crippen molar-refractivity contribution in [3.8, 4) is 5.75 Å². The first-order valence-corrected chi connectivity index (χ1v) is 16.4. The van der Waals surface area contributed by atoms with E-state index in [2.05, 4.69) is 6.92 Å². The zero-order valence-corrected chi connectivity index (χ0v) is 24.9. The van der Waals surface area contributed by atoms with Crippen LogP contribution in [0.5, 0.6) is 5.75 Å². The molecule has 2 heterocycles. The number of nitrogens with zero attached hydrogens (tertiary/aromatic N) is 2. The van der Waals surface area contributed by atoms with Gasteiger partial charge >= 0.3 is 0 Å². The summed E-state index contributed by atoms with van der Waals surface area (Å²) in [5, 5.41) is 0. The lowest BCUT2D eigenvalue weighted by atomic mass is 9.85. The largest absolute Gasteiger partial charge is 0.489 e. The van der Waals surface area contributed by atoms with E-state index in [-0.39, 0.29) is 36.1 Å². The smallest absolute Gasteiger partial charge is 0.225 e. The van der Waals surface area contributed by atoms with Crippen LogP contribution in [0.15, 0.2) is 47.4 Å². The van der Waals surface area contributed by atoms with Crippen LogP contribution in [0, 0.1) is 17.8 Å². The SMILES string of the molecule is CCc1ccc(N(CC(C)C)S(O)(O)c2ccc3c(c2)C(=O)CC(C2CCN(C(=O)C4CCCC4)CC2)O3)cc1. The third-order valence-electron chi connectivity index (χ3n) is 8.78. The highest BCUT2D eigenvalue weighted by molar-refractivity contribution is 8.25. The van der Waals surface area contributed by atoms with Crippen molar-refractivity contribution >= 4 is 28.2 Å². The molecule has 218 valence electrons. The highest BCUT2D eigenvalue weighted by atomic mass is 32.3. The molecule has 0 bridgehead atoms. The van der Waals surface area contributed by atoms with Crippen molar-refractivity contribution in [2.45, 2.75) is 83.1 Å². The van der Waals surface area contributed by atoms with E-state index in [0.29, 0.717) is 28.7 Å². The zero-order chi connectivity index (χ0) is 28.4. The number of rotatable bonds is 8. The summed E-state index contributed by atoms with van der Waals surface area (Å²) in [6, 6.07) is 12.9. The maximum absolute atomic E-state index is 13.3. The van der Waals surface area contributed by atoms with Gasteiger partial charge in [-0.2, -0.15) is 0 Å². The molecule has 2 aromatic carbocycles. The molecule has 0 spiro atoms. The molecule has 2 fully saturated rings. The standard InChI is InChI=1S/C32H44N2O5S/c1-4-23-9-11-26(12-10-23)34(21-22(2)3)40(37,38)27-13-14-30-28(19-27)29(35)20-31(39-30)24-15-17-33(18-16-24)32(36)25-7-5-6-8-25/h9-14,19,22,24-25,31,37-38H,4-8,15-18,20-21H2,1-3H3. The molecule has 5 rings (SSSR count). The van der Waals surface area contributed by atoms with Crippen molar-refractivity contribution in [2.24, 2.45) is 17.8 Å². The maximum atomic E-state index is 13.3. The molecular formula is C32H44N2O5S. The number of ketones is 1. The lowest BCUT2D eigenvalue weighted by Crippen LogP contribution is -2.45. The number of aryl methyl sites for hydroxylation is 1. The Bertz CT molecular complexity index is 1200. The molecule has 0 radical (unpaired) electrons. The topological polar surface area (TPSA) is 90.3 Å². The fourth-order valence-electron chi connectivity index (χ4n) is 6.40. The fraction of sp³-hybridized carbons (Fsp3) is 0.562. The second kappa shape index (κ2) is 12.1. The van der Waals surface area contributed by atoms with E-state index in [9.17, 15) is 18.7 Å². The summed E-state index contributed by atoms with van der Waals surface area (Å²) in [5.74, 6) is 1.39. The lowest BCUT2D eigenvalue weighted by Gasteiger charge is -2.45. The van der Waals surface area contributed by atoms with Crippen molar-refractivity contribution in [1.82, 2.24) is 4.90 Å². The van der Waals surface area contributed by atoms with Crippen LogP contribution < -0.4 is 9.04 Å². The van der Waals surface area contributed by atoms with E-state index in [1.54, 1.807) is 22.5 Å². The Labute approximate surface area is 240 Å². The molecule has 1 saturated heterocycles. The van der Waals surface area contributed by atoms with Gasteiger partial charge in [0, 0.05) is 32.0 Å². The fourth-order valence-corrected chi connectivity index (χ4v) is 8.10. The van der Waals surface area contributed by atoms with Gasteiger partial charge in [-0.15, -0.1) is 0 Å². The molecule has 2 N–H and O–H groups in total. The average Bonchev–Trinajstić information content (AvgIpc) is 3.50. The number of carbonyl (C=O) groups excluding carboxylic acids is 2. The number of anilines is 1. The third kappa shape index (κ3) is 6.04. The highest BCUT2D eigenvalue weighted by Crippen LogP contribution is 2.55. The van der Waals surface area contributed by atoms with Crippen LogP contribution in [0.4, 0.5) is 5.69 Å². The van der Waals surface area contributed by atoms with Gasteiger partial charge in [0.2, 0.25) is 5.91 Å². The van der Waals surface area contributed by atoms with E-state index in [0.717, 1.165) is 63.7 Å². The minimum absolute atomic E-state index is 0.0320. The van der Waals surface area contributed by atoms with Crippen LogP contribution in [0.2, 0.25) is 0 Å². The number of Topliss-reactive ketones (excluding diaryl/α,β-unsaturated/α-hetero) is 1. The van der Waals surface area contributed by atoms with Gasteiger partial charge < -0.3 is 9.64 Å². The van der Waals surface area contributed by atoms with Gasteiger partial charge in [-0.05, 0) is 79.8 Å². The van der Waals surface area contributed by atoms with Crippen molar-refractivity contribution in [3.05, 3.63) is 53.6 Å². The number of hydrogen-bond donors (Lipinski definition) is 2. The molecule has 40 heavy (non-hydrogen) atoms. The third-order valence-corrected chi connectivity index (χ3v) is 10.6. The second-order valence-corrected chi connectivity index (χ2v) is 14.0. The van der Waals surface area contributed by atoms with Gasteiger partial charge in [0.1, 0.15) is 11.9 Å². The van der Waals surface area contributed by atoms with E-state index in [4.69, 9.17) is 4.74 Å². The number of benzene rings is 2. The van der Waals surface area contributed by atoms with Gasteiger partial charge in [-0.1, -0.05) is 56.5 Å². The Hall–Kier alpha value is -2.55. The molecule has 1 aliphatic carbocycles. The summed E-state index contributed by atoms with van der Waals surface area (Å²) in [5.41, 5.74) is 2.33. The molecular weight excluding hydrogens is 524 g/mol. The first kappa shape index (κ1) is 29.0. The summed E-state index contributed by atoms with van der Waals surface area (Å²) >= 11 is 0. The predicted octanol–water partition coefficient (Wildman–Crippen LogP) is 7.20. The normalized spacial score (nSPS) is 20.9. The molecule has 2 aromatic rings. The Kier molecular flexibility index (Phi) is 8.78. The minimum Gasteiger partial charge on any atom is -0.489 e. The number of likely N-dealkylation sites (tertiary alicyclic amines) is 1. The lowest BCUT2D eigenvalue weighted by molar-refractivity contribution is -0.137. The number of carbonyl (C=O) groups is 2. The molecule has 3 aliphatic rings. The second-order valence-electron chi connectivity index (χ2n) is 12.1. The zero-order valence-electron chi connectivity index (χ0n) is 24.1. The number of hydrogen-bond acceptors (Lipinski definition) is 6.